The quantitative estimate of drug-likeness (QED) is 0.419. The third-order valence-corrected chi connectivity index (χ3v) is 8.04. The largest absolute Gasteiger partial charge is 0.496 e. The standard InChI is InChI=1S/C25H26N4O5S/c1-16-27-23-20(29(16)18-10-13-35(31,32)15-18)14-19(22-8-5-12-34-22)28-24(23)25(30)26-11-9-17-6-3-4-7-21(17)33-2/h3-8,12,14,18H,9-11,13,15H2,1-2H3,(H,26,30). The Morgan fingerprint density at radius 1 is 1.23 bits per heavy atom. The molecule has 1 N–H and O–H groups in total. The summed E-state index contributed by atoms with van der Waals surface area (Å²) in [5.74, 6) is 1.76. The fourth-order valence-corrected chi connectivity index (χ4v) is 6.36. The Bertz CT molecular complexity index is 1490. The molecule has 35 heavy (non-hydrogen) atoms. The van der Waals surface area contributed by atoms with Crippen LogP contribution in [0.1, 0.15) is 34.3 Å². The number of fused-ring (bicyclic) bond motifs is 1. The molecular formula is C25H26N4O5S. The summed E-state index contributed by atoms with van der Waals surface area (Å²) in [7, 11) is -1.49. The molecular weight excluding hydrogens is 468 g/mol. The SMILES string of the molecule is COc1ccccc1CCNC(=O)c1nc(-c2ccco2)cc2c1nc(C)n2C1CCS(=O)(=O)C1. The lowest BCUT2D eigenvalue weighted by atomic mass is 10.1. The van der Waals surface area contributed by atoms with Gasteiger partial charge in [0, 0.05) is 6.54 Å². The zero-order valence-corrected chi connectivity index (χ0v) is 20.3. The average molecular weight is 495 g/mol. The summed E-state index contributed by atoms with van der Waals surface area (Å²) in [6.07, 6.45) is 2.64. The first-order chi connectivity index (χ1) is 16.9. The van der Waals surface area contributed by atoms with E-state index < -0.39 is 9.84 Å². The molecule has 1 atom stereocenters. The molecule has 0 bridgehead atoms. The van der Waals surface area contributed by atoms with Crippen molar-refractivity contribution >= 4 is 26.8 Å². The van der Waals surface area contributed by atoms with Crippen LogP contribution in [0.4, 0.5) is 0 Å². The van der Waals surface area contributed by atoms with Crippen LogP contribution in [0.25, 0.3) is 22.5 Å². The van der Waals surface area contributed by atoms with E-state index in [2.05, 4.69) is 15.3 Å². The smallest absolute Gasteiger partial charge is 0.272 e. The van der Waals surface area contributed by atoms with Gasteiger partial charge in [0.05, 0.1) is 36.4 Å². The molecule has 0 spiro atoms. The molecule has 0 aliphatic carbocycles. The van der Waals surface area contributed by atoms with Gasteiger partial charge < -0.3 is 19.0 Å². The Balaban J connectivity index is 1.50. The predicted octanol–water partition coefficient (Wildman–Crippen LogP) is 3.34. The Morgan fingerprint density at radius 2 is 2.06 bits per heavy atom. The summed E-state index contributed by atoms with van der Waals surface area (Å²) in [4.78, 5) is 22.5. The number of amides is 1. The second-order valence-corrected chi connectivity index (χ2v) is 10.8. The number of nitrogens with one attached hydrogen (secondary N) is 1. The maximum atomic E-state index is 13.3. The number of hydrogen-bond donors (Lipinski definition) is 1. The van der Waals surface area contributed by atoms with Crippen molar-refractivity contribution in [3.63, 3.8) is 0 Å². The summed E-state index contributed by atoms with van der Waals surface area (Å²) in [5, 5.41) is 2.94. The van der Waals surface area contributed by atoms with Gasteiger partial charge in [-0.3, -0.25) is 4.79 Å². The van der Waals surface area contributed by atoms with Crippen LogP contribution < -0.4 is 10.1 Å². The predicted molar refractivity (Wildman–Crippen MR) is 131 cm³/mol. The lowest BCUT2D eigenvalue weighted by molar-refractivity contribution is 0.0951. The van der Waals surface area contributed by atoms with Gasteiger partial charge in [0.1, 0.15) is 22.8 Å². The molecule has 4 heterocycles. The maximum Gasteiger partial charge on any atom is 0.272 e. The number of methoxy groups -OCH3 is 1. The number of para-hydroxylation sites is 1. The number of aromatic nitrogens is 3. The summed E-state index contributed by atoms with van der Waals surface area (Å²) in [6, 6.07) is 12.8. The van der Waals surface area contributed by atoms with Gasteiger partial charge in [-0.2, -0.15) is 0 Å². The van der Waals surface area contributed by atoms with Crippen molar-refractivity contribution in [2.45, 2.75) is 25.8 Å². The number of imidazole rings is 1. The number of pyridine rings is 1. The first-order valence-electron chi connectivity index (χ1n) is 11.4. The normalized spacial score (nSPS) is 17.0. The molecule has 182 valence electrons. The fraction of sp³-hybridized carbons (Fsp3) is 0.320. The number of aryl methyl sites for hydroxylation is 1. The first-order valence-corrected chi connectivity index (χ1v) is 13.2. The van der Waals surface area contributed by atoms with Gasteiger partial charge in [0.25, 0.3) is 5.91 Å². The molecule has 10 heteroatoms. The van der Waals surface area contributed by atoms with Crippen molar-refractivity contribution in [3.05, 3.63) is 65.8 Å². The summed E-state index contributed by atoms with van der Waals surface area (Å²) >= 11 is 0. The molecule has 5 rings (SSSR count). The molecule has 1 aromatic carbocycles. The van der Waals surface area contributed by atoms with E-state index in [-0.39, 0.29) is 29.1 Å². The van der Waals surface area contributed by atoms with Crippen LogP contribution in [0.15, 0.2) is 53.1 Å². The van der Waals surface area contributed by atoms with Gasteiger partial charge in [0.2, 0.25) is 0 Å². The van der Waals surface area contributed by atoms with E-state index in [1.807, 2.05) is 41.8 Å². The van der Waals surface area contributed by atoms with Crippen LogP contribution in [0.2, 0.25) is 0 Å². The second kappa shape index (κ2) is 9.18. The number of nitrogens with zero attached hydrogens (tertiary/aromatic N) is 3. The lowest BCUT2D eigenvalue weighted by Crippen LogP contribution is -2.27. The van der Waals surface area contributed by atoms with Crippen LogP contribution in [0, 0.1) is 6.92 Å². The van der Waals surface area contributed by atoms with E-state index >= 15 is 0 Å². The van der Waals surface area contributed by atoms with E-state index in [4.69, 9.17) is 9.15 Å². The van der Waals surface area contributed by atoms with Gasteiger partial charge in [-0.1, -0.05) is 18.2 Å². The minimum atomic E-state index is -3.10. The van der Waals surface area contributed by atoms with Crippen LogP contribution in [0.5, 0.6) is 5.75 Å². The molecule has 1 aliphatic rings. The zero-order chi connectivity index (χ0) is 24.6. The molecule has 9 nitrogen and oxygen atoms in total. The Morgan fingerprint density at radius 3 is 2.77 bits per heavy atom. The number of ether oxygens (including phenoxy) is 1. The van der Waals surface area contributed by atoms with E-state index in [1.165, 1.54) is 0 Å². The van der Waals surface area contributed by atoms with Crippen molar-refractivity contribution < 1.29 is 22.4 Å². The minimum absolute atomic E-state index is 0.0537. The number of hydrogen-bond acceptors (Lipinski definition) is 7. The highest BCUT2D eigenvalue weighted by Crippen LogP contribution is 2.32. The van der Waals surface area contributed by atoms with Crippen LogP contribution >= 0.6 is 0 Å². The van der Waals surface area contributed by atoms with Crippen molar-refractivity contribution in [3.8, 4) is 17.2 Å². The monoisotopic (exact) mass is 494 g/mol. The number of sulfone groups is 1. The minimum Gasteiger partial charge on any atom is -0.496 e. The summed E-state index contributed by atoms with van der Waals surface area (Å²) in [6.45, 7) is 2.20. The van der Waals surface area contributed by atoms with E-state index in [0.717, 1.165) is 11.3 Å². The van der Waals surface area contributed by atoms with Crippen LogP contribution in [-0.2, 0) is 16.3 Å². The number of carbonyl (C=O) groups is 1. The molecule has 1 fully saturated rings. The second-order valence-electron chi connectivity index (χ2n) is 8.60. The van der Waals surface area contributed by atoms with E-state index in [1.54, 1.807) is 25.5 Å². The summed E-state index contributed by atoms with van der Waals surface area (Å²) < 4.78 is 37.2. The number of carbonyl (C=O) groups excluding carboxylic acids is 1. The van der Waals surface area contributed by atoms with Crippen molar-refractivity contribution in [2.75, 3.05) is 25.2 Å². The Hall–Kier alpha value is -3.66. The first kappa shape index (κ1) is 23.1. The zero-order valence-electron chi connectivity index (χ0n) is 19.5. The van der Waals surface area contributed by atoms with Gasteiger partial charge in [-0.25, -0.2) is 18.4 Å². The van der Waals surface area contributed by atoms with E-state index in [0.29, 0.717) is 47.7 Å². The van der Waals surface area contributed by atoms with E-state index in [9.17, 15) is 13.2 Å². The average Bonchev–Trinajstić information content (AvgIpc) is 3.57. The lowest BCUT2D eigenvalue weighted by Gasteiger charge is -2.14. The van der Waals surface area contributed by atoms with Gasteiger partial charge >= 0.3 is 0 Å². The third-order valence-electron chi connectivity index (χ3n) is 6.29. The summed E-state index contributed by atoms with van der Waals surface area (Å²) in [5.41, 5.74) is 2.76. The highest BCUT2D eigenvalue weighted by molar-refractivity contribution is 7.91. The Labute approximate surface area is 203 Å². The Kier molecular flexibility index (Phi) is 6.06. The van der Waals surface area contributed by atoms with Gasteiger partial charge in [-0.15, -0.1) is 0 Å². The molecule has 1 unspecified atom stereocenters. The number of rotatable bonds is 7. The van der Waals surface area contributed by atoms with Crippen LogP contribution in [-0.4, -0.2) is 54.0 Å². The molecule has 1 aliphatic heterocycles. The van der Waals surface area contributed by atoms with Gasteiger partial charge in [0.15, 0.2) is 21.3 Å². The van der Waals surface area contributed by atoms with Crippen molar-refractivity contribution in [1.82, 2.24) is 19.9 Å². The molecule has 0 radical (unpaired) electrons. The fourth-order valence-electron chi connectivity index (χ4n) is 4.66. The molecule has 0 saturated carbocycles. The van der Waals surface area contributed by atoms with Crippen molar-refractivity contribution in [1.29, 1.82) is 0 Å². The number of furan rings is 1. The topological polar surface area (TPSA) is 116 Å². The third kappa shape index (κ3) is 4.53. The molecule has 1 saturated heterocycles. The number of benzene rings is 1. The highest BCUT2D eigenvalue weighted by Gasteiger charge is 2.32. The molecule has 4 aromatic rings. The highest BCUT2D eigenvalue weighted by atomic mass is 32.2. The maximum absolute atomic E-state index is 13.3. The van der Waals surface area contributed by atoms with Crippen molar-refractivity contribution in [2.24, 2.45) is 0 Å². The van der Waals surface area contributed by atoms with Gasteiger partial charge in [-0.05, 0) is 49.6 Å². The van der Waals surface area contributed by atoms with Crippen LogP contribution in [0.3, 0.4) is 0 Å². The molecule has 1 amide bonds. The molecule has 3 aromatic heterocycles.